The molecule has 15 heavy (non-hydrogen) atoms. The Hall–Kier alpha value is -0.980. The van der Waals surface area contributed by atoms with Crippen LogP contribution in [0, 0.1) is 3.57 Å². The van der Waals surface area contributed by atoms with Gasteiger partial charge >= 0.3 is 0 Å². The van der Waals surface area contributed by atoms with Crippen molar-refractivity contribution in [3.05, 3.63) is 27.8 Å². The predicted molar refractivity (Wildman–Crippen MR) is 70.3 cm³/mol. The van der Waals surface area contributed by atoms with Crippen LogP contribution in [0.25, 0.3) is 0 Å². The van der Waals surface area contributed by atoms with Crippen molar-refractivity contribution in [3.8, 4) is 0 Å². The van der Waals surface area contributed by atoms with Gasteiger partial charge < -0.3 is 16.3 Å². The van der Waals surface area contributed by atoms with E-state index in [-0.39, 0.29) is 5.84 Å². The zero-order chi connectivity index (χ0) is 11.1. The van der Waals surface area contributed by atoms with E-state index in [1.54, 1.807) is 0 Å². The molecular weight excluding hydrogens is 305 g/mol. The summed E-state index contributed by atoms with van der Waals surface area (Å²) < 4.78 is 1.20. The molecule has 1 aromatic carbocycles. The van der Waals surface area contributed by atoms with E-state index in [0.717, 1.165) is 18.7 Å². The van der Waals surface area contributed by atoms with E-state index in [2.05, 4.69) is 39.1 Å². The zero-order valence-corrected chi connectivity index (χ0v) is 10.4. The van der Waals surface area contributed by atoms with Crippen LogP contribution < -0.4 is 11.1 Å². The molecule has 0 saturated heterocycles. The van der Waals surface area contributed by atoms with Crippen LogP contribution in [-0.4, -0.2) is 17.6 Å². The second-order valence-corrected chi connectivity index (χ2v) is 4.38. The van der Waals surface area contributed by atoms with Gasteiger partial charge in [-0.2, -0.15) is 0 Å². The zero-order valence-electron chi connectivity index (χ0n) is 8.28. The number of hydrogen-bond acceptors (Lipinski definition) is 3. The molecule has 0 atom stereocenters. The molecule has 1 rings (SSSR count). The van der Waals surface area contributed by atoms with Crippen LogP contribution in [0.1, 0.15) is 12.8 Å². The first kappa shape index (κ1) is 12.1. The summed E-state index contributed by atoms with van der Waals surface area (Å²) in [4.78, 5) is 0. The smallest absolute Gasteiger partial charge is 0.139 e. The van der Waals surface area contributed by atoms with Crippen LogP contribution in [0.3, 0.4) is 0 Å². The van der Waals surface area contributed by atoms with Crippen LogP contribution in [0.4, 0.5) is 5.69 Å². The summed E-state index contributed by atoms with van der Waals surface area (Å²) in [5, 5.41) is 14.5. The highest BCUT2D eigenvalue weighted by Crippen LogP contribution is 2.12. The van der Waals surface area contributed by atoms with Crippen LogP contribution >= 0.6 is 22.6 Å². The normalized spacial score (nSPS) is 11.4. The van der Waals surface area contributed by atoms with Crippen molar-refractivity contribution in [2.45, 2.75) is 12.8 Å². The van der Waals surface area contributed by atoms with E-state index in [1.807, 2.05) is 18.2 Å². The van der Waals surface area contributed by atoms with Gasteiger partial charge in [0.15, 0.2) is 0 Å². The summed E-state index contributed by atoms with van der Waals surface area (Å²) in [5.41, 5.74) is 6.45. The van der Waals surface area contributed by atoms with Gasteiger partial charge in [-0.15, -0.1) is 0 Å². The lowest BCUT2D eigenvalue weighted by Crippen LogP contribution is -2.13. The first-order chi connectivity index (χ1) is 7.22. The molecule has 0 aliphatic heterocycles. The Morgan fingerprint density at radius 3 is 3.00 bits per heavy atom. The fourth-order valence-electron chi connectivity index (χ4n) is 1.15. The lowest BCUT2D eigenvalue weighted by molar-refractivity contribution is 0.316. The monoisotopic (exact) mass is 319 g/mol. The molecule has 82 valence electrons. The number of halogens is 1. The Morgan fingerprint density at radius 2 is 2.33 bits per heavy atom. The van der Waals surface area contributed by atoms with Crippen LogP contribution in [-0.2, 0) is 0 Å². The standard InChI is InChI=1S/C10H14IN3O/c11-8-3-1-4-9(7-8)13-6-2-5-10(12)14-15/h1,3-4,7,13,15H,2,5-6H2,(H2,12,14). The number of nitrogens with one attached hydrogen (secondary N) is 1. The summed E-state index contributed by atoms with van der Waals surface area (Å²) in [6.45, 7) is 0.816. The second kappa shape index (κ2) is 6.49. The highest BCUT2D eigenvalue weighted by atomic mass is 127. The molecular formula is C10H14IN3O. The molecule has 0 spiro atoms. The molecule has 4 nitrogen and oxygen atoms in total. The van der Waals surface area contributed by atoms with Gasteiger partial charge in [-0.05, 0) is 47.2 Å². The Morgan fingerprint density at radius 1 is 1.53 bits per heavy atom. The Kier molecular flexibility index (Phi) is 5.23. The van der Waals surface area contributed by atoms with E-state index < -0.39 is 0 Å². The molecule has 0 aliphatic carbocycles. The van der Waals surface area contributed by atoms with Gasteiger partial charge in [-0.1, -0.05) is 11.2 Å². The third kappa shape index (κ3) is 4.87. The molecule has 0 fully saturated rings. The van der Waals surface area contributed by atoms with Crippen molar-refractivity contribution >= 4 is 34.1 Å². The molecule has 0 bridgehead atoms. The molecule has 0 radical (unpaired) electrons. The maximum absolute atomic E-state index is 8.33. The van der Waals surface area contributed by atoms with E-state index in [4.69, 9.17) is 10.9 Å². The molecule has 0 aromatic heterocycles. The predicted octanol–water partition coefficient (Wildman–Crippen LogP) is 2.23. The minimum absolute atomic E-state index is 0.277. The number of rotatable bonds is 5. The van der Waals surface area contributed by atoms with Crippen molar-refractivity contribution in [1.82, 2.24) is 0 Å². The lowest BCUT2D eigenvalue weighted by Gasteiger charge is -2.05. The minimum atomic E-state index is 0.277. The lowest BCUT2D eigenvalue weighted by atomic mass is 10.2. The van der Waals surface area contributed by atoms with Gasteiger partial charge in [0.1, 0.15) is 5.84 Å². The quantitative estimate of drug-likeness (QED) is 0.195. The van der Waals surface area contributed by atoms with E-state index in [1.165, 1.54) is 3.57 Å². The third-order valence-corrected chi connectivity index (χ3v) is 2.56. The average Bonchev–Trinajstić information content (AvgIpc) is 2.24. The summed E-state index contributed by atoms with van der Waals surface area (Å²) >= 11 is 2.27. The first-order valence-electron chi connectivity index (χ1n) is 4.68. The maximum Gasteiger partial charge on any atom is 0.139 e. The van der Waals surface area contributed by atoms with E-state index >= 15 is 0 Å². The largest absolute Gasteiger partial charge is 0.409 e. The summed E-state index contributed by atoms with van der Waals surface area (Å²) in [6, 6.07) is 8.14. The maximum atomic E-state index is 8.33. The van der Waals surface area contributed by atoms with Crippen molar-refractivity contribution in [2.24, 2.45) is 10.9 Å². The summed E-state index contributed by atoms with van der Waals surface area (Å²) in [7, 11) is 0. The van der Waals surface area contributed by atoms with E-state index in [9.17, 15) is 0 Å². The van der Waals surface area contributed by atoms with Crippen LogP contribution in [0.5, 0.6) is 0 Å². The number of anilines is 1. The van der Waals surface area contributed by atoms with Gasteiger partial charge in [0.2, 0.25) is 0 Å². The molecule has 1 aromatic rings. The van der Waals surface area contributed by atoms with Gasteiger partial charge in [-0.3, -0.25) is 0 Å². The van der Waals surface area contributed by atoms with Gasteiger partial charge in [0.25, 0.3) is 0 Å². The molecule has 5 heteroatoms. The Bertz CT molecular complexity index is 341. The molecule has 0 aliphatic rings. The fourth-order valence-corrected chi connectivity index (χ4v) is 1.69. The number of nitrogens with zero attached hydrogens (tertiary/aromatic N) is 1. The fraction of sp³-hybridized carbons (Fsp3) is 0.300. The van der Waals surface area contributed by atoms with Crippen molar-refractivity contribution in [3.63, 3.8) is 0 Å². The van der Waals surface area contributed by atoms with Gasteiger partial charge in [0.05, 0.1) is 0 Å². The molecule has 0 amide bonds. The van der Waals surface area contributed by atoms with Crippen LogP contribution in [0.15, 0.2) is 29.4 Å². The SMILES string of the molecule is NC(CCCNc1cccc(I)c1)=NO. The summed E-state index contributed by atoms with van der Waals surface area (Å²) in [6.07, 6.45) is 1.45. The number of amidine groups is 1. The number of oxime groups is 1. The number of nitrogens with two attached hydrogens (primary N) is 1. The van der Waals surface area contributed by atoms with E-state index in [0.29, 0.717) is 6.42 Å². The number of benzene rings is 1. The first-order valence-corrected chi connectivity index (χ1v) is 5.76. The third-order valence-electron chi connectivity index (χ3n) is 1.89. The van der Waals surface area contributed by atoms with Crippen LogP contribution in [0.2, 0.25) is 0 Å². The number of hydrogen-bond donors (Lipinski definition) is 3. The van der Waals surface area contributed by atoms with Crippen molar-refractivity contribution in [1.29, 1.82) is 0 Å². The highest BCUT2D eigenvalue weighted by molar-refractivity contribution is 14.1. The van der Waals surface area contributed by atoms with Crippen molar-refractivity contribution in [2.75, 3.05) is 11.9 Å². The molecule has 0 unspecified atom stereocenters. The topological polar surface area (TPSA) is 70.6 Å². The Balaban J connectivity index is 2.26. The molecule has 0 saturated carbocycles. The second-order valence-electron chi connectivity index (χ2n) is 3.13. The van der Waals surface area contributed by atoms with Gasteiger partial charge in [-0.25, -0.2) is 0 Å². The average molecular weight is 319 g/mol. The summed E-state index contributed by atoms with van der Waals surface area (Å²) in [5.74, 6) is 0.277. The minimum Gasteiger partial charge on any atom is -0.409 e. The van der Waals surface area contributed by atoms with Gasteiger partial charge in [0, 0.05) is 22.2 Å². The Labute approximate surface area is 103 Å². The molecule has 0 heterocycles. The van der Waals surface area contributed by atoms with Crippen molar-refractivity contribution < 1.29 is 5.21 Å². The molecule has 4 N–H and O–H groups in total. The highest BCUT2D eigenvalue weighted by Gasteiger charge is 1.95.